The number of benzene rings is 3. The predicted molar refractivity (Wildman–Crippen MR) is 247 cm³/mol. The van der Waals surface area contributed by atoms with Crippen LogP contribution >= 0.6 is 0 Å². The van der Waals surface area contributed by atoms with Crippen molar-refractivity contribution in [3.63, 3.8) is 0 Å². The number of esters is 2. The quantitative estimate of drug-likeness (QED) is 0.0372. The monoisotopic (exact) mass is 881 g/mol. The third-order valence-electron chi connectivity index (χ3n) is 9.77. The van der Waals surface area contributed by atoms with Gasteiger partial charge in [-0.2, -0.15) is 0 Å². The number of carboxylic acid groups (broad SMARTS) is 1. The number of hydrogen-bond donors (Lipinski definition) is 7. The maximum atomic E-state index is 11.6. The highest BCUT2D eigenvalue weighted by atomic mass is 16.5. The van der Waals surface area contributed by atoms with Crippen LogP contribution in [0, 0.1) is 0 Å². The minimum atomic E-state index is -0.854. The van der Waals surface area contributed by atoms with Gasteiger partial charge in [-0.3, -0.25) is 14.4 Å². The first kappa shape index (κ1) is 51.6. The lowest BCUT2D eigenvalue weighted by molar-refractivity contribution is -0.143. The number of aryl methyl sites for hydroxylation is 2. The van der Waals surface area contributed by atoms with Gasteiger partial charge in [-0.05, 0) is 143 Å². The minimum Gasteiger partial charge on any atom is -0.508 e. The fourth-order valence-electron chi connectivity index (χ4n) is 6.15. The van der Waals surface area contributed by atoms with Crippen LogP contribution in [0.15, 0.2) is 109 Å². The Bertz CT molecular complexity index is 2120. The van der Waals surface area contributed by atoms with E-state index in [1.54, 1.807) is 57.5 Å². The SMILES string of the molecule is CNC(Cc1ccc(O)cc1)C(=O)OC.CNC(Cc1ccc(OCCCc2cccc(N)n2)cc1)C(=O)OC.CN[C@@H](Cc1ccc(OCCCc2cccc(N)n2)cc1)C(=O)O. The lowest BCUT2D eigenvalue weighted by atomic mass is 10.1. The number of anilines is 2. The molecule has 0 aliphatic heterocycles. The van der Waals surface area contributed by atoms with Crippen molar-refractivity contribution in [1.82, 2.24) is 25.9 Å². The van der Waals surface area contributed by atoms with E-state index in [4.69, 9.17) is 35.9 Å². The van der Waals surface area contributed by atoms with Crippen LogP contribution in [-0.4, -0.2) is 105 Å². The third-order valence-corrected chi connectivity index (χ3v) is 9.77. The van der Waals surface area contributed by atoms with Crippen molar-refractivity contribution in [3.8, 4) is 17.2 Å². The van der Waals surface area contributed by atoms with Gasteiger partial charge in [0.2, 0.25) is 0 Å². The molecule has 0 saturated heterocycles. The molecule has 3 atom stereocenters. The number of nitrogen functional groups attached to an aromatic ring is 2. The van der Waals surface area contributed by atoms with Crippen LogP contribution in [0.2, 0.25) is 0 Å². The molecule has 0 radical (unpaired) electrons. The van der Waals surface area contributed by atoms with Crippen molar-refractivity contribution < 1.29 is 43.5 Å². The Morgan fingerprint density at radius 3 is 1.25 bits per heavy atom. The van der Waals surface area contributed by atoms with Crippen LogP contribution in [0.3, 0.4) is 0 Å². The molecule has 16 heteroatoms. The first-order valence-corrected chi connectivity index (χ1v) is 20.9. The molecule has 0 fully saturated rings. The van der Waals surface area contributed by atoms with Gasteiger partial charge in [0.1, 0.15) is 47.0 Å². The van der Waals surface area contributed by atoms with E-state index in [-0.39, 0.29) is 29.8 Å². The summed E-state index contributed by atoms with van der Waals surface area (Å²) in [5.74, 6) is 1.47. The summed E-state index contributed by atoms with van der Waals surface area (Å²) >= 11 is 0. The maximum Gasteiger partial charge on any atom is 0.323 e. The number of carboxylic acids is 1. The van der Waals surface area contributed by atoms with Crippen LogP contribution in [-0.2, 0) is 56.0 Å². The van der Waals surface area contributed by atoms with Crippen molar-refractivity contribution in [2.24, 2.45) is 0 Å². The summed E-state index contributed by atoms with van der Waals surface area (Å²) < 4.78 is 20.9. The lowest BCUT2D eigenvalue weighted by Gasteiger charge is -2.14. The zero-order valence-electron chi connectivity index (χ0n) is 37.3. The van der Waals surface area contributed by atoms with Gasteiger partial charge in [-0.1, -0.05) is 48.5 Å². The van der Waals surface area contributed by atoms with Crippen LogP contribution in [0.1, 0.15) is 40.9 Å². The second-order valence-electron chi connectivity index (χ2n) is 14.5. The highest BCUT2D eigenvalue weighted by Crippen LogP contribution is 2.17. The summed E-state index contributed by atoms with van der Waals surface area (Å²) in [5.41, 5.74) is 16.2. The zero-order valence-corrected chi connectivity index (χ0v) is 37.3. The van der Waals surface area contributed by atoms with Crippen LogP contribution in [0.4, 0.5) is 11.6 Å². The number of pyridine rings is 2. The molecule has 5 rings (SSSR count). The van der Waals surface area contributed by atoms with E-state index in [0.717, 1.165) is 65.3 Å². The molecule has 3 aromatic carbocycles. The number of ether oxygens (including phenoxy) is 4. The lowest BCUT2D eigenvalue weighted by Crippen LogP contribution is -2.36. The van der Waals surface area contributed by atoms with Crippen LogP contribution in [0.25, 0.3) is 0 Å². The number of phenolic OH excluding ortho intramolecular Hbond substituents is 1. The number of hydrogen-bond acceptors (Lipinski definition) is 15. The number of nitrogens with zero attached hydrogens (tertiary/aromatic N) is 2. The smallest absolute Gasteiger partial charge is 0.323 e. The molecule has 2 aromatic heterocycles. The van der Waals surface area contributed by atoms with Crippen molar-refractivity contribution in [2.45, 2.75) is 63.1 Å². The van der Waals surface area contributed by atoms with Gasteiger partial charge in [0.15, 0.2) is 0 Å². The Morgan fingerprint density at radius 2 is 0.922 bits per heavy atom. The summed E-state index contributed by atoms with van der Waals surface area (Å²) in [6, 6.07) is 32.0. The number of methoxy groups -OCH3 is 2. The first-order valence-electron chi connectivity index (χ1n) is 20.9. The number of nitrogens with one attached hydrogen (secondary N) is 3. The zero-order chi connectivity index (χ0) is 46.7. The molecule has 0 bridgehead atoms. The minimum absolute atomic E-state index is 0.220. The Hall–Kier alpha value is -6.75. The molecular formula is C48H63N7O9. The van der Waals surface area contributed by atoms with Crippen molar-refractivity contribution in [1.29, 1.82) is 0 Å². The van der Waals surface area contributed by atoms with Gasteiger partial charge in [0, 0.05) is 11.4 Å². The highest BCUT2D eigenvalue weighted by molar-refractivity contribution is 5.76. The Kier molecular flexibility index (Phi) is 23.2. The standard InChI is InChI=1S/C19H25N3O3.C18H23N3O3.C11H15NO3/c1-21-17(19(23)24-2)13-14-8-10-16(11-9-14)25-12-4-6-15-5-3-7-18(20)22-15;1-20-16(18(22)23)12-13-7-9-15(10-8-13)24-11-3-5-14-4-2-6-17(19)21-14;1-12-10(11(14)15-2)7-8-3-5-9(13)6-4-8/h3,5,7-11,17,21H,4,6,12-13H2,1-2H3,(H2,20,22);2,4,6-10,16,20H,3,5,11-12H2,1H3,(H2,19,21)(H,22,23);3-6,10,12-13H,7H2,1-2H3/t;16-;/m.0./s1. The number of phenols is 1. The summed E-state index contributed by atoms with van der Waals surface area (Å²) in [6.07, 6.45) is 4.90. The van der Waals surface area contributed by atoms with E-state index in [1.165, 1.54) is 14.2 Å². The molecule has 64 heavy (non-hydrogen) atoms. The third kappa shape index (κ3) is 19.5. The number of carbonyl (C=O) groups excluding carboxylic acids is 2. The van der Waals surface area contributed by atoms with E-state index in [9.17, 15) is 14.4 Å². The Balaban J connectivity index is 0.000000264. The number of rotatable bonds is 22. The van der Waals surface area contributed by atoms with Crippen molar-refractivity contribution in [3.05, 3.63) is 137 Å². The molecule has 0 aliphatic carbocycles. The molecule has 0 amide bonds. The summed E-state index contributed by atoms with van der Waals surface area (Å²) in [7, 11) is 7.86. The number of aliphatic carboxylic acids is 1. The number of nitrogens with two attached hydrogens (primary N) is 2. The second-order valence-corrected chi connectivity index (χ2v) is 14.5. The van der Waals surface area contributed by atoms with E-state index < -0.39 is 12.0 Å². The van der Waals surface area contributed by atoms with Crippen molar-refractivity contribution >= 4 is 29.5 Å². The predicted octanol–water partition coefficient (Wildman–Crippen LogP) is 4.57. The molecule has 0 aliphatic rings. The van der Waals surface area contributed by atoms with Gasteiger partial charge in [0.05, 0.1) is 27.4 Å². The van der Waals surface area contributed by atoms with Gasteiger partial charge >= 0.3 is 17.9 Å². The summed E-state index contributed by atoms with van der Waals surface area (Å²) in [5, 5.41) is 26.8. The van der Waals surface area contributed by atoms with Crippen LogP contribution in [0.5, 0.6) is 17.2 Å². The average Bonchev–Trinajstić information content (AvgIpc) is 3.30. The van der Waals surface area contributed by atoms with E-state index in [0.29, 0.717) is 44.1 Å². The molecule has 344 valence electrons. The van der Waals surface area contributed by atoms with Crippen molar-refractivity contribution in [2.75, 3.05) is 60.0 Å². The van der Waals surface area contributed by atoms with Gasteiger partial charge in [0.25, 0.3) is 0 Å². The van der Waals surface area contributed by atoms with Crippen LogP contribution < -0.4 is 36.9 Å². The van der Waals surface area contributed by atoms with E-state index in [1.807, 2.05) is 72.8 Å². The number of aromatic nitrogens is 2. The molecule has 0 saturated carbocycles. The Morgan fingerprint density at radius 1 is 0.562 bits per heavy atom. The van der Waals surface area contributed by atoms with Gasteiger partial charge in [-0.15, -0.1) is 0 Å². The normalized spacial score (nSPS) is 11.9. The van der Waals surface area contributed by atoms with Gasteiger partial charge < -0.3 is 56.6 Å². The highest BCUT2D eigenvalue weighted by Gasteiger charge is 2.18. The largest absolute Gasteiger partial charge is 0.508 e. The molecule has 2 heterocycles. The average molecular weight is 882 g/mol. The molecule has 16 nitrogen and oxygen atoms in total. The molecule has 9 N–H and O–H groups in total. The molecule has 2 unspecified atom stereocenters. The summed E-state index contributed by atoms with van der Waals surface area (Å²) in [4.78, 5) is 42.4. The molecular weight excluding hydrogens is 819 g/mol. The number of carbonyl (C=O) groups is 3. The van der Waals surface area contributed by atoms with Gasteiger partial charge in [-0.25, -0.2) is 9.97 Å². The number of aromatic hydroxyl groups is 1. The van der Waals surface area contributed by atoms with E-state index >= 15 is 0 Å². The number of likely N-dealkylation sites (N-methyl/N-ethyl adjacent to an activating group) is 3. The first-order chi connectivity index (χ1) is 30.9. The molecule has 5 aromatic rings. The Labute approximate surface area is 375 Å². The fourth-order valence-corrected chi connectivity index (χ4v) is 6.15. The fraction of sp³-hybridized carbons (Fsp3) is 0.354. The topological polar surface area (TPSA) is 242 Å². The maximum absolute atomic E-state index is 11.6. The second kappa shape index (κ2) is 28.8. The van der Waals surface area contributed by atoms with E-state index in [2.05, 4.69) is 30.7 Å². The summed E-state index contributed by atoms with van der Waals surface area (Å²) in [6.45, 7) is 1.20. The molecule has 0 spiro atoms.